The Morgan fingerprint density at radius 1 is 0.875 bits per heavy atom. The van der Waals surface area contributed by atoms with Crippen LogP contribution in [0.15, 0.2) is 48.5 Å². The fourth-order valence-electron chi connectivity index (χ4n) is 2.54. The van der Waals surface area contributed by atoms with Gasteiger partial charge < -0.3 is 4.90 Å². The van der Waals surface area contributed by atoms with E-state index in [1.54, 1.807) is 0 Å². The van der Waals surface area contributed by atoms with E-state index in [2.05, 4.69) is 30.0 Å². The summed E-state index contributed by atoms with van der Waals surface area (Å²) in [6.45, 7) is 4.61. The summed E-state index contributed by atoms with van der Waals surface area (Å²) in [7, 11) is 0. The monoisotopic (exact) mass is 321 g/mol. The van der Waals surface area contributed by atoms with E-state index < -0.39 is 0 Å². The first-order chi connectivity index (χ1) is 11.6. The highest BCUT2D eigenvalue weighted by atomic mass is 19.1. The minimum atomic E-state index is -0.311. The Hall–Kier alpha value is -2.85. The first-order valence-electron chi connectivity index (χ1n) is 8.03. The molecule has 2 aromatic carbocycles. The number of rotatable bonds is 1. The summed E-state index contributed by atoms with van der Waals surface area (Å²) in [5, 5.41) is 17.0. The van der Waals surface area contributed by atoms with Crippen molar-refractivity contribution in [1.82, 2.24) is 0 Å². The van der Waals surface area contributed by atoms with Gasteiger partial charge in [0.2, 0.25) is 0 Å². The Morgan fingerprint density at radius 3 is 1.79 bits per heavy atom. The maximum atomic E-state index is 12.1. The van der Waals surface area contributed by atoms with Crippen molar-refractivity contribution in [2.24, 2.45) is 5.92 Å². The topological polar surface area (TPSA) is 50.8 Å². The van der Waals surface area contributed by atoms with Crippen LogP contribution in [0.5, 0.6) is 0 Å². The standard InChI is InChI=1S/C13H16N2.C7H4FN/c1-11-6-8-15(9-7-11)13-4-2-12(10-14)3-5-13;8-7-3-1-6(5-9)2-4-7/h2-5,11H,6-9H2,1H3;1-4H. The fraction of sp³-hybridized carbons (Fsp3) is 0.300. The maximum Gasteiger partial charge on any atom is 0.123 e. The van der Waals surface area contributed by atoms with Crippen molar-refractivity contribution >= 4 is 5.69 Å². The molecule has 1 heterocycles. The minimum absolute atomic E-state index is 0.311. The predicted molar refractivity (Wildman–Crippen MR) is 92.9 cm³/mol. The summed E-state index contributed by atoms with van der Waals surface area (Å²) >= 11 is 0. The molecule has 0 saturated carbocycles. The molecule has 4 heteroatoms. The highest BCUT2D eigenvalue weighted by Crippen LogP contribution is 2.22. The number of nitrogens with zero attached hydrogens (tertiary/aromatic N) is 3. The van der Waals surface area contributed by atoms with Crippen LogP contribution >= 0.6 is 0 Å². The van der Waals surface area contributed by atoms with Crippen LogP contribution in [0.4, 0.5) is 10.1 Å². The van der Waals surface area contributed by atoms with Crippen LogP contribution in [0.3, 0.4) is 0 Å². The maximum absolute atomic E-state index is 12.1. The Labute approximate surface area is 142 Å². The molecule has 1 aliphatic heterocycles. The second-order valence-electron chi connectivity index (χ2n) is 5.95. The third-order valence-corrected chi connectivity index (χ3v) is 4.12. The largest absolute Gasteiger partial charge is 0.372 e. The Bertz CT molecular complexity index is 715. The van der Waals surface area contributed by atoms with Crippen LogP contribution < -0.4 is 4.90 Å². The van der Waals surface area contributed by atoms with Gasteiger partial charge in [-0.25, -0.2) is 4.39 Å². The molecule has 24 heavy (non-hydrogen) atoms. The van der Waals surface area contributed by atoms with Gasteiger partial charge in [0.25, 0.3) is 0 Å². The van der Waals surface area contributed by atoms with Gasteiger partial charge in [0.15, 0.2) is 0 Å². The summed E-state index contributed by atoms with van der Waals surface area (Å²) in [5.74, 6) is 0.550. The summed E-state index contributed by atoms with van der Waals surface area (Å²) in [4.78, 5) is 2.40. The Kier molecular flexibility index (Phi) is 6.34. The molecule has 1 aliphatic rings. The smallest absolute Gasteiger partial charge is 0.123 e. The summed E-state index contributed by atoms with van der Waals surface area (Å²) < 4.78 is 12.1. The number of benzene rings is 2. The van der Waals surface area contributed by atoms with Crippen LogP contribution in [0.2, 0.25) is 0 Å². The molecule has 0 N–H and O–H groups in total. The average molecular weight is 321 g/mol. The van der Waals surface area contributed by atoms with E-state index in [0.29, 0.717) is 5.56 Å². The van der Waals surface area contributed by atoms with Crippen LogP contribution in [-0.2, 0) is 0 Å². The number of hydrogen-bond acceptors (Lipinski definition) is 3. The molecule has 3 nitrogen and oxygen atoms in total. The van der Waals surface area contributed by atoms with Crippen molar-refractivity contribution in [2.45, 2.75) is 19.8 Å². The van der Waals surface area contributed by atoms with Crippen molar-refractivity contribution in [1.29, 1.82) is 10.5 Å². The Morgan fingerprint density at radius 2 is 1.33 bits per heavy atom. The van der Waals surface area contributed by atoms with Crippen molar-refractivity contribution < 1.29 is 4.39 Å². The van der Waals surface area contributed by atoms with Gasteiger partial charge in [-0.15, -0.1) is 0 Å². The van der Waals surface area contributed by atoms with E-state index >= 15 is 0 Å². The zero-order valence-electron chi connectivity index (χ0n) is 13.7. The highest BCUT2D eigenvalue weighted by molar-refractivity contribution is 5.49. The molecule has 3 rings (SSSR count). The molecule has 122 valence electrons. The van der Waals surface area contributed by atoms with Gasteiger partial charge in [0, 0.05) is 18.8 Å². The van der Waals surface area contributed by atoms with E-state index in [1.807, 2.05) is 18.2 Å². The molecule has 0 bridgehead atoms. The van der Waals surface area contributed by atoms with Crippen LogP contribution in [0, 0.1) is 34.4 Å². The van der Waals surface area contributed by atoms with Crippen LogP contribution in [-0.4, -0.2) is 13.1 Å². The van der Waals surface area contributed by atoms with Crippen molar-refractivity contribution in [3.05, 3.63) is 65.5 Å². The normalized spacial score (nSPS) is 14.1. The lowest BCUT2D eigenvalue weighted by atomic mass is 9.99. The van der Waals surface area contributed by atoms with E-state index in [1.165, 1.54) is 42.8 Å². The molecule has 1 saturated heterocycles. The molecule has 0 aliphatic carbocycles. The molecule has 0 atom stereocenters. The molecule has 0 amide bonds. The fourth-order valence-corrected chi connectivity index (χ4v) is 2.54. The zero-order valence-corrected chi connectivity index (χ0v) is 13.7. The van der Waals surface area contributed by atoms with Gasteiger partial charge in [-0.3, -0.25) is 0 Å². The second kappa shape index (κ2) is 8.70. The molecule has 2 aromatic rings. The summed E-state index contributed by atoms with van der Waals surface area (Å²) in [6, 6.07) is 17.3. The number of halogens is 1. The molecule has 0 aromatic heterocycles. The quantitative estimate of drug-likeness (QED) is 0.777. The highest BCUT2D eigenvalue weighted by Gasteiger charge is 2.15. The van der Waals surface area contributed by atoms with E-state index in [-0.39, 0.29) is 5.82 Å². The van der Waals surface area contributed by atoms with Crippen LogP contribution in [0.25, 0.3) is 0 Å². The number of hydrogen-bond donors (Lipinski definition) is 0. The third kappa shape index (κ3) is 5.11. The lowest BCUT2D eigenvalue weighted by molar-refractivity contribution is 0.438. The van der Waals surface area contributed by atoms with Gasteiger partial charge in [-0.05, 0) is 67.3 Å². The molecule has 0 radical (unpaired) electrons. The number of piperidine rings is 1. The zero-order chi connectivity index (χ0) is 17.4. The van der Waals surface area contributed by atoms with E-state index in [4.69, 9.17) is 10.5 Å². The second-order valence-corrected chi connectivity index (χ2v) is 5.95. The SMILES string of the molecule is CC1CCN(c2ccc(C#N)cc2)CC1.N#Cc1ccc(F)cc1. The predicted octanol–water partition coefficient (Wildman–Crippen LogP) is 4.49. The molecule has 0 spiro atoms. The summed E-state index contributed by atoms with van der Waals surface area (Å²) in [5.41, 5.74) is 2.47. The summed E-state index contributed by atoms with van der Waals surface area (Å²) in [6.07, 6.45) is 2.56. The Balaban J connectivity index is 0.000000198. The minimum Gasteiger partial charge on any atom is -0.372 e. The van der Waals surface area contributed by atoms with E-state index in [9.17, 15) is 4.39 Å². The van der Waals surface area contributed by atoms with E-state index in [0.717, 1.165) is 24.6 Å². The lowest BCUT2D eigenvalue weighted by Gasteiger charge is -2.32. The first kappa shape index (κ1) is 17.5. The van der Waals surface area contributed by atoms with Crippen molar-refractivity contribution in [3.8, 4) is 12.1 Å². The third-order valence-electron chi connectivity index (χ3n) is 4.12. The lowest BCUT2D eigenvalue weighted by Crippen LogP contribution is -2.32. The van der Waals surface area contributed by atoms with Crippen LogP contribution in [0.1, 0.15) is 30.9 Å². The number of nitriles is 2. The molecule has 1 fully saturated rings. The van der Waals surface area contributed by atoms with Crippen molar-refractivity contribution in [2.75, 3.05) is 18.0 Å². The number of anilines is 1. The molecule has 0 unspecified atom stereocenters. The molecular weight excluding hydrogens is 301 g/mol. The van der Waals surface area contributed by atoms with Gasteiger partial charge in [-0.1, -0.05) is 6.92 Å². The first-order valence-corrected chi connectivity index (χ1v) is 8.03. The van der Waals surface area contributed by atoms with Crippen molar-refractivity contribution in [3.63, 3.8) is 0 Å². The van der Waals surface area contributed by atoms with Gasteiger partial charge in [0.1, 0.15) is 5.82 Å². The average Bonchev–Trinajstić information content (AvgIpc) is 2.64. The van der Waals surface area contributed by atoms with Gasteiger partial charge in [0.05, 0.1) is 23.3 Å². The van der Waals surface area contributed by atoms with Gasteiger partial charge >= 0.3 is 0 Å². The molecular formula is C20H20FN3. The van der Waals surface area contributed by atoms with Gasteiger partial charge in [-0.2, -0.15) is 10.5 Å².